The third-order valence-corrected chi connectivity index (χ3v) is 4.29. The van der Waals surface area contributed by atoms with Crippen LogP contribution in [0, 0.1) is 0 Å². The monoisotopic (exact) mass is 237 g/mol. The zero-order chi connectivity index (χ0) is 11.5. The molecular formula is C13H19NOS. The van der Waals surface area contributed by atoms with Crippen LogP contribution in [0.4, 0.5) is 0 Å². The number of thioether (sulfide) groups is 1. The van der Waals surface area contributed by atoms with Crippen molar-refractivity contribution >= 4 is 11.8 Å². The molecule has 2 nitrogen and oxygen atoms in total. The van der Waals surface area contributed by atoms with Gasteiger partial charge in [-0.15, -0.1) is 11.8 Å². The van der Waals surface area contributed by atoms with E-state index in [0.29, 0.717) is 11.2 Å². The van der Waals surface area contributed by atoms with Gasteiger partial charge in [0.1, 0.15) is 0 Å². The summed E-state index contributed by atoms with van der Waals surface area (Å²) in [5, 5.41) is 13.2. The molecular weight excluding hydrogens is 218 g/mol. The van der Waals surface area contributed by atoms with Crippen LogP contribution < -0.4 is 5.32 Å². The molecule has 2 N–H and O–H groups in total. The van der Waals surface area contributed by atoms with Crippen LogP contribution in [0.1, 0.15) is 25.3 Å². The Labute approximate surface area is 101 Å². The molecule has 1 fully saturated rings. The van der Waals surface area contributed by atoms with Gasteiger partial charge in [0, 0.05) is 23.2 Å². The zero-order valence-corrected chi connectivity index (χ0v) is 10.6. The van der Waals surface area contributed by atoms with Gasteiger partial charge in [0.05, 0.1) is 6.10 Å². The van der Waals surface area contributed by atoms with Crippen molar-refractivity contribution in [3.63, 3.8) is 0 Å². The molecule has 16 heavy (non-hydrogen) atoms. The zero-order valence-electron chi connectivity index (χ0n) is 9.81. The van der Waals surface area contributed by atoms with E-state index >= 15 is 0 Å². The van der Waals surface area contributed by atoms with E-state index in [1.807, 2.05) is 0 Å². The van der Waals surface area contributed by atoms with E-state index in [-0.39, 0.29) is 6.10 Å². The summed E-state index contributed by atoms with van der Waals surface area (Å²) in [7, 11) is 0. The molecule has 0 aliphatic carbocycles. The van der Waals surface area contributed by atoms with Gasteiger partial charge in [-0.05, 0) is 23.6 Å². The second-order valence-corrected chi connectivity index (χ2v) is 5.92. The lowest BCUT2D eigenvalue weighted by molar-refractivity contribution is 0.201. The Balaban J connectivity index is 1.99. The first kappa shape index (κ1) is 12.0. The van der Waals surface area contributed by atoms with Gasteiger partial charge in [-0.1, -0.05) is 26.0 Å². The smallest absolute Gasteiger partial charge is 0.0798 e. The van der Waals surface area contributed by atoms with E-state index < -0.39 is 0 Å². The van der Waals surface area contributed by atoms with Gasteiger partial charge in [-0.3, -0.25) is 0 Å². The fraction of sp³-hybridized carbons (Fsp3) is 0.538. The summed E-state index contributed by atoms with van der Waals surface area (Å²) in [6, 6.07) is 8.68. The highest BCUT2D eigenvalue weighted by Gasteiger charge is 2.25. The molecule has 1 saturated heterocycles. The molecule has 0 saturated carbocycles. The molecule has 0 radical (unpaired) electrons. The maximum absolute atomic E-state index is 9.71. The molecule has 0 aromatic heterocycles. The summed E-state index contributed by atoms with van der Waals surface area (Å²) in [4.78, 5) is 1.25. The predicted molar refractivity (Wildman–Crippen MR) is 69.1 cm³/mol. The summed E-state index contributed by atoms with van der Waals surface area (Å²) in [5.41, 5.74) is 1.37. The van der Waals surface area contributed by atoms with Gasteiger partial charge in [0.15, 0.2) is 0 Å². The molecule has 0 unspecified atom stereocenters. The van der Waals surface area contributed by atoms with Gasteiger partial charge >= 0.3 is 0 Å². The van der Waals surface area contributed by atoms with Crippen LogP contribution >= 0.6 is 11.8 Å². The van der Waals surface area contributed by atoms with Crippen molar-refractivity contribution in [3.05, 3.63) is 29.8 Å². The average molecular weight is 237 g/mol. The van der Waals surface area contributed by atoms with Crippen LogP contribution in [0.2, 0.25) is 0 Å². The fourth-order valence-electron chi connectivity index (χ4n) is 1.87. The van der Waals surface area contributed by atoms with Gasteiger partial charge in [0.2, 0.25) is 0 Å². The fourth-order valence-corrected chi connectivity index (χ4v) is 2.96. The summed E-state index contributed by atoms with van der Waals surface area (Å²) >= 11 is 1.77. The van der Waals surface area contributed by atoms with Crippen LogP contribution in [0.3, 0.4) is 0 Å². The maximum atomic E-state index is 9.71. The molecule has 1 aliphatic heterocycles. The van der Waals surface area contributed by atoms with Crippen LogP contribution in [0.5, 0.6) is 0 Å². The van der Waals surface area contributed by atoms with Crippen molar-refractivity contribution in [2.45, 2.75) is 36.0 Å². The lowest BCUT2D eigenvalue weighted by Gasteiger charge is -2.13. The highest BCUT2D eigenvalue weighted by atomic mass is 32.2. The quantitative estimate of drug-likeness (QED) is 0.845. The first-order valence-electron chi connectivity index (χ1n) is 5.82. The minimum Gasteiger partial charge on any atom is -0.391 e. The molecule has 2 atom stereocenters. The van der Waals surface area contributed by atoms with Crippen LogP contribution in [0.15, 0.2) is 29.2 Å². The SMILES string of the molecule is CC(C)c1ccc(S[C@@H]2CNC[C@H]2O)cc1. The maximum Gasteiger partial charge on any atom is 0.0798 e. The highest BCUT2D eigenvalue weighted by molar-refractivity contribution is 8.00. The second kappa shape index (κ2) is 5.21. The van der Waals surface area contributed by atoms with E-state index in [2.05, 4.69) is 43.4 Å². The highest BCUT2D eigenvalue weighted by Crippen LogP contribution is 2.28. The Hall–Kier alpha value is -0.510. The molecule has 1 heterocycles. The minimum absolute atomic E-state index is 0.213. The van der Waals surface area contributed by atoms with Gasteiger partial charge in [0.25, 0.3) is 0 Å². The van der Waals surface area contributed by atoms with Crippen LogP contribution in [0.25, 0.3) is 0 Å². The molecule has 2 rings (SSSR count). The van der Waals surface area contributed by atoms with E-state index in [1.54, 1.807) is 11.8 Å². The Morgan fingerprint density at radius 2 is 1.94 bits per heavy atom. The third-order valence-electron chi connectivity index (χ3n) is 2.96. The molecule has 0 bridgehead atoms. The van der Waals surface area contributed by atoms with E-state index in [4.69, 9.17) is 0 Å². The van der Waals surface area contributed by atoms with Crippen molar-refractivity contribution in [1.82, 2.24) is 5.32 Å². The lowest BCUT2D eigenvalue weighted by atomic mass is 10.0. The van der Waals surface area contributed by atoms with Crippen LogP contribution in [-0.2, 0) is 0 Å². The summed E-state index contributed by atoms with van der Waals surface area (Å²) in [6.45, 7) is 6.03. The summed E-state index contributed by atoms with van der Waals surface area (Å²) < 4.78 is 0. The topological polar surface area (TPSA) is 32.3 Å². The Bertz CT molecular complexity index is 336. The number of aliphatic hydroxyl groups is 1. The van der Waals surface area contributed by atoms with E-state index in [0.717, 1.165) is 13.1 Å². The second-order valence-electron chi connectivity index (χ2n) is 4.61. The van der Waals surface area contributed by atoms with Gasteiger partial charge < -0.3 is 10.4 Å². The Morgan fingerprint density at radius 3 is 2.44 bits per heavy atom. The van der Waals surface area contributed by atoms with Crippen LogP contribution in [-0.4, -0.2) is 29.5 Å². The third kappa shape index (κ3) is 2.78. The number of β-amino-alcohol motifs (C(OH)–C–C–N with tert-alkyl or cyclic N) is 1. The molecule has 88 valence electrons. The average Bonchev–Trinajstić information content (AvgIpc) is 2.65. The number of rotatable bonds is 3. The first-order chi connectivity index (χ1) is 7.66. The standard InChI is InChI=1S/C13H19NOS/c1-9(2)10-3-5-11(6-4-10)16-13-8-14-7-12(13)15/h3-6,9,12-15H,7-8H2,1-2H3/t12-,13-/m1/s1. The number of hydrogen-bond acceptors (Lipinski definition) is 3. The lowest BCUT2D eigenvalue weighted by Crippen LogP contribution is -2.19. The molecule has 1 aromatic rings. The predicted octanol–water partition coefficient (Wildman–Crippen LogP) is 2.23. The summed E-state index contributed by atoms with van der Waals surface area (Å²) in [5.74, 6) is 0.581. The minimum atomic E-state index is -0.213. The molecule has 0 spiro atoms. The molecule has 1 aliphatic rings. The Morgan fingerprint density at radius 1 is 1.25 bits per heavy atom. The van der Waals surface area contributed by atoms with Crippen molar-refractivity contribution in [1.29, 1.82) is 0 Å². The molecule has 0 amide bonds. The number of benzene rings is 1. The van der Waals surface area contributed by atoms with Crippen molar-refractivity contribution < 1.29 is 5.11 Å². The molecule has 3 heteroatoms. The van der Waals surface area contributed by atoms with Gasteiger partial charge in [-0.25, -0.2) is 0 Å². The molecule has 1 aromatic carbocycles. The summed E-state index contributed by atoms with van der Waals surface area (Å²) in [6.07, 6.45) is -0.213. The number of nitrogens with one attached hydrogen (secondary N) is 1. The number of aliphatic hydroxyl groups excluding tert-OH is 1. The number of hydrogen-bond donors (Lipinski definition) is 2. The first-order valence-corrected chi connectivity index (χ1v) is 6.70. The van der Waals surface area contributed by atoms with E-state index in [1.165, 1.54) is 10.5 Å². The van der Waals surface area contributed by atoms with Crippen molar-refractivity contribution in [3.8, 4) is 0 Å². The van der Waals surface area contributed by atoms with Gasteiger partial charge in [-0.2, -0.15) is 0 Å². The van der Waals surface area contributed by atoms with Crippen molar-refractivity contribution in [2.24, 2.45) is 0 Å². The Kier molecular flexibility index (Phi) is 3.90. The van der Waals surface area contributed by atoms with Crippen molar-refractivity contribution in [2.75, 3.05) is 13.1 Å². The largest absolute Gasteiger partial charge is 0.391 e. The van der Waals surface area contributed by atoms with E-state index in [9.17, 15) is 5.11 Å². The normalized spacial score (nSPS) is 25.2.